The van der Waals surface area contributed by atoms with E-state index in [1.165, 1.54) is 6.07 Å². The summed E-state index contributed by atoms with van der Waals surface area (Å²) in [6, 6.07) is 4.76. The van der Waals surface area contributed by atoms with Crippen molar-refractivity contribution in [3.8, 4) is 0 Å². The molecule has 0 saturated carbocycles. The van der Waals surface area contributed by atoms with Gasteiger partial charge in [-0.15, -0.1) is 0 Å². The lowest BCUT2D eigenvalue weighted by molar-refractivity contribution is -0.121. The van der Waals surface area contributed by atoms with Crippen LogP contribution < -0.4 is 5.32 Å². The van der Waals surface area contributed by atoms with Crippen molar-refractivity contribution in [2.75, 3.05) is 32.1 Å². The van der Waals surface area contributed by atoms with Crippen molar-refractivity contribution in [3.05, 3.63) is 28.8 Å². The van der Waals surface area contributed by atoms with Crippen molar-refractivity contribution in [1.29, 1.82) is 0 Å². The summed E-state index contributed by atoms with van der Waals surface area (Å²) in [6.07, 6.45) is 1.90. The first-order chi connectivity index (χ1) is 10.5. The zero-order chi connectivity index (χ0) is 16.1. The molecule has 1 unspecified atom stereocenters. The van der Waals surface area contributed by atoms with E-state index in [4.69, 9.17) is 16.3 Å². The maximum atomic E-state index is 12.3. The molecule has 1 N–H and O–H groups in total. The van der Waals surface area contributed by atoms with Crippen LogP contribution >= 0.6 is 11.6 Å². The summed E-state index contributed by atoms with van der Waals surface area (Å²) in [6.45, 7) is 3.84. The molecule has 0 bridgehead atoms. The number of hydrogen-bond acceptors (Lipinski definition) is 4. The number of piperidine rings is 1. The van der Waals surface area contributed by atoms with E-state index in [0.717, 1.165) is 25.9 Å². The Bertz CT molecular complexity index is 562. The fourth-order valence-electron chi connectivity index (χ4n) is 2.57. The Hall–Kier alpha value is -1.59. The Morgan fingerprint density at radius 3 is 2.86 bits per heavy atom. The van der Waals surface area contributed by atoms with Crippen LogP contribution in [-0.4, -0.2) is 43.5 Å². The fourth-order valence-corrected chi connectivity index (χ4v) is 2.80. The minimum absolute atomic E-state index is 0.0282. The van der Waals surface area contributed by atoms with E-state index < -0.39 is 5.97 Å². The third-order valence-corrected chi connectivity index (χ3v) is 4.05. The van der Waals surface area contributed by atoms with Crippen LogP contribution in [0.3, 0.4) is 0 Å². The number of ether oxygens (including phenoxy) is 1. The Balaban J connectivity index is 2.03. The lowest BCUT2D eigenvalue weighted by Crippen LogP contribution is -2.38. The van der Waals surface area contributed by atoms with Gasteiger partial charge in [-0.2, -0.15) is 0 Å². The van der Waals surface area contributed by atoms with Gasteiger partial charge in [0.2, 0.25) is 5.91 Å². The van der Waals surface area contributed by atoms with Gasteiger partial charge in [-0.1, -0.05) is 11.6 Å². The summed E-state index contributed by atoms with van der Waals surface area (Å²) >= 11 is 6.15. The zero-order valence-corrected chi connectivity index (χ0v) is 13.7. The lowest BCUT2D eigenvalue weighted by Gasteiger charge is -2.28. The first kappa shape index (κ1) is 16.8. The Morgan fingerprint density at radius 1 is 1.45 bits per heavy atom. The first-order valence-electron chi connectivity index (χ1n) is 7.47. The molecule has 1 saturated heterocycles. The van der Waals surface area contributed by atoms with Gasteiger partial charge in [0.05, 0.1) is 28.8 Å². The number of nitrogens with one attached hydrogen (secondary N) is 1. The van der Waals surface area contributed by atoms with Gasteiger partial charge in [-0.3, -0.25) is 4.79 Å². The van der Waals surface area contributed by atoms with Gasteiger partial charge in [0, 0.05) is 6.54 Å². The number of anilines is 1. The van der Waals surface area contributed by atoms with E-state index in [2.05, 4.69) is 10.2 Å². The van der Waals surface area contributed by atoms with Crippen LogP contribution in [0.1, 0.15) is 30.1 Å². The molecule has 1 aliphatic rings. The smallest absolute Gasteiger partial charge is 0.338 e. The number of rotatable bonds is 4. The number of halogens is 1. The van der Waals surface area contributed by atoms with Gasteiger partial charge in [0.15, 0.2) is 0 Å². The molecule has 1 atom stereocenters. The minimum Gasteiger partial charge on any atom is -0.462 e. The summed E-state index contributed by atoms with van der Waals surface area (Å²) < 4.78 is 4.92. The summed E-state index contributed by atoms with van der Waals surface area (Å²) in [5.41, 5.74) is 0.898. The molecular formula is C16H21ClN2O3. The van der Waals surface area contributed by atoms with E-state index in [0.29, 0.717) is 22.9 Å². The van der Waals surface area contributed by atoms with E-state index in [9.17, 15) is 9.59 Å². The van der Waals surface area contributed by atoms with E-state index in [-0.39, 0.29) is 11.8 Å². The predicted molar refractivity (Wildman–Crippen MR) is 86.3 cm³/mol. The molecule has 120 valence electrons. The second kappa shape index (κ2) is 7.61. The SMILES string of the molecule is CCOC(=O)c1ccc(NC(=O)C2CCCN(C)C2)c(Cl)c1. The Morgan fingerprint density at radius 2 is 2.23 bits per heavy atom. The van der Waals surface area contributed by atoms with Crippen LogP contribution in [0, 0.1) is 5.92 Å². The molecular weight excluding hydrogens is 304 g/mol. The van der Waals surface area contributed by atoms with Gasteiger partial charge in [-0.25, -0.2) is 4.79 Å². The standard InChI is InChI=1S/C16H21ClN2O3/c1-3-22-16(21)11-6-7-14(13(17)9-11)18-15(20)12-5-4-8-19(2)10-12/h6-7,9,12H,3-5,8,10H2,1-2H3,(H,18,20). The molecule has 5 nitrogen and oxygen atoms in total. The lowest BCUT2D eigenvalue weighted by atomic mass is 9.97. The molecule has 1 aromatic rings. The fraction of sp³-hybridized carbons (Fsp3) is 0.500. The average molecular weight is 325 g/mol. The van der Waals surface area contributed by atoms with E-state index in [1.807, 2.05) is 7.05 Å². The molecule has 0 aliphatic carbocycles. The molecule has 1 heterocycles. The van der Waals surface area contributed by atoms with Crippen LogP contribution in [0.15, 0.2) is 18.2 Å². The van der Waals surface area contributed by atoms with Crippen LogP contribution in [0.2, 0.25) is 5.02 Å². The summed E-state index contributed by atoms with van der Waals surface area (Å²) in [7, 11) is 2.01. The quantitative estimate of drug-likeness (QED) is 0.865. The van der Waals surface area contributed by atoms with Gasteiger partial charge in [0.1, 0.15) is 0 Å². The normalized spacial score (nSPS) is 18.8. The molecule has 6 heteroatoms. The maximum Gasteiger partial charge on any atom is 0.338 e. The highest BCUT2D eigenvalue weighted by atomic mass is 35.5. The molecule has 22 heavy (non-hydrogen) atoms. The largest absolute Gasteiger partial charge is 0.462 e. The van der Waals surface area contributed by atoms with Crippen molar-refractivity contribution in [2.45, 2.75) is 19.8 Å². The van der Waals surface area contributed by atoms with Crippen molar-refractivity contribution in [3.63, 3.8) is 0 Å². The van der Waals surface area contributed by atoms with E-state index in [1.54, 1.807) is 19.1 Å². The van der Waals surface area contributed by atoms with Gasteiger partial charge in [0.25, 0.3) is 0 Å². The maximum absolute atomic E-state index is 12.3. The highest BCUT2D eigenvalue weighted by Gasteiger charge is 2.24. The monoisotopic (exact) mass is 324 g/mol. The molecule has 0 spiro atoms. The van der Waals surface area contributed by atoms with Gasteiger partial charge in [-0.05, 0) is 51.6 Å². The summed E-state index contributed by atoms with van der Waals surface area (Å²) in [5.74, 6) is -0.479. The Labute approximate surface area is 135 Å². The number of hydrogen-bond donors (Lipinski definition) is 1. The number of benzene rings is 1. The second-order valence-corrected chi connectivity index (χ2v) is 5.91. The highest BCUT2D eigenvalue weighted by Crippen LogP contribution is 2.25. The molecule has 1 amide bonds. The summed E-state index contributed by atoms with van der Waals surface area (Å²) in [4.78, 5) is 26.1. The second-order valence-electron chi connectivity index (χ2n) is 5.51. The summed E-state index contributed by atoms with van der Waals surface area (Å²) in [5, 5.41) is 3.19. The zero-order valence-electron chi connectivity index (χ0n) is 12.9. The highest BCUT2D eigenvalue weighted by molar-refractivity contribution is 6.34. The number of carbonyl (C=O) groups is 2. The number of carbonyl (C=O) groups excluding carboxylic acids is 2. The topological polar surface area (TPSA) is 58.6 Å². The minimum atomic E-state index is -0.420. The molecule has 2 rings (SSSR count). The van der Waals surface area contributed by atoms with E-state index >= 15 is 0 Å². The first-order valence-corrected chi connectivity index (χ1v) is 7.85. The average Bonchev–Trinajstić information content (AvgIpc) is 2.49. The molecule has 0 aromatic heterocycles. The van der Waals surface area contributed by atoms with Crippen LogP contribution in [-0.2, 0) is 9.53 Å². The van der Waals surface area contributed by atoms with Crippen molar-refractivity contribution >= 4 is 29.2 Å². The van der Waals surface area contributed by atoms with Crippen molar-refractivity contribution in [2.24, 2.45) is 5.92 Å². The number of esters is 1. The number of likely N-dealkylation sites (tertiary alicyclic amines) is 1. The van der Waals surface area contributed by atoms with Gasteiger partial charge < -0.3 is 15.0 Å². The van der Waals surface area contributed by atoms with Crippen molar-refractivity contribution < 1.29 is 14.3 Å². The Kier molecular flexibility index (Phi) is 5.80. The van der Waals surface area contributed by atoms with Gasteiger partial charge >= 0.3 is 5.97 Å². The third-order valence-electron chi connectivity index (χ3n) is 3.73. The van der Waals surface area contributed by atoms with Crippen molar-refractivity contribution in [1.82, 2.24) is 4.90 Å². The molecule has 1 aromatic carbocycles. The van der Waals surface area contributed by atoms with Crippen LogP contribution in [0.5, 0.6) is 0 Å². The van der Waals surface area contributed by atoms with Crippen LogP contribution in [0.25, 0.3) is 0 Å². The molecule has 1 aliphatic heterocycles. The molecule has 0 radical (unpaired) electrons. The number of nitrogens with zero attached hydrogens (tertiary/aromatic N) is 1. The van der Waals surface area contributed by atoms with Crippen LogP contribution in [0.4, 0.5) is 5.69 Å². The third kappa shape index (κ3) is 4.21. The number of amides is 1. The molecule has 1 fully saturated rings. The predicted octanol–water partition coefficient (Wildman–Crippen LogP) is 2.80.